The molecule has 0 bridgehead atoms. The van der Waals surface area contributed by atoms with Gasteiger partial charge in [-0.2, -0.15) is 0 Å². The van der Waals surface area contributed by atoms with E-state index in [1.165, 1.54) is 54.8 Å². The van der Waals surface area contributed by atoms with E-state index in [4.69, 9.17) is 5.26 Å². The van der Waals surface area contributed by atoms with Crippen LogP contribution in [0.2, 0.25) is 0 Å². The fourth-order valence-corrected chi connectivity index (χ4v) is 3.57. The molecular formula is C17H10N2O5S. The van der Waals surface area contributed by atoms with E-state index in [1.54, 1.807) is 0 Å². The summed E-state index contributed by atoms with van der Waals surface area (Å²) in [7, 11) is -3.78. The zero-order valence-electron chi connectivity index (χ0n) is 12.6. The summed E-state index contributed by atoms with van der Waals surface area (Å²) in [5.41, 5.74) is 0.289. The molecule has 7 nitrogen and oxygen atoms in total. The maximum Gasteiger partial charge on any atom is 0.292 e. The van der Waals surface area contributed by atoms with Crippen LogP contribution in [0.3, 0.4) is 0 Å². The van der Waals surface area contributed by atoms with Crippen molar-refractivity contribution in [1.82, 2.24) is 0 Å². The molecule has 0 atom stereocenters. The van der Waals surface area contributed by atoms with Gasteiger partial charge in [0, 0.05) is 12.2 Å². The maximum absolute atomic E-state index is 12.6. The van der Waals surface area contributed by atoms with Gasteiger partial charge in [-0.15, -0.1) is 5.26 Å². The van der Waals surface area contributed by atoms with Crippen molar-refractivity contribution in [2.45, 2.75) is 9.79 Å². The summed E-state index contributed by atoms with van der Waals surface area (Å²) in [6.07, 6.45) is 3.80. The standard InChI is InChI=1S/C17H10N2O5S/c18-11-24-13-3-7-15(8-4-13)25(22,23)14-5-1-12(2-6-14)19-16(20)9-10-17(19)21/h1-10H. The van der Waals surface area contributed by atoms with Crippen molar-refractivity contribution in [1.29, 1.82) is 5.26 Å². The molecule has 3 rings (SSSR count). The number of hydrogen-bond acceptors (Lipinski definition) is 6. The van der Waals surface area contributed by atoms with Crippen molar-refractivity contribution < 1.29 is 22.7 Å². The number of rotatable bonds is 4. The average Bonchev–Trinajstić information content (AvgIpc) is 2.94. The lowest BCUT2D eigenvalue weighted by Crippen LogP contribution is -2.29. The van der Waals surface area contributed by atoms with E-state index in [0.717, 1.165) is 17.1 Å². The Kier molecular flexibility index (Phi) is 4.09. The van der Waals surface area contributed by atoms with Gasteiger partial charge in [0.05, 0.1) is 15.5 Å². The Morgan fingerprint density at radius 3 is 1.80 bits per heavy atom. The van der Waals surface area contributed by atoms with Crippen LogP contribution >= 0.6 is 0 Å². The summed E-state index contributed by atoms with van der Waals surface area (Å²) < 4.78 is 29.8. The summed E-state index contributed by atoms with van der Waals surface area (Å²) in [6, 6.07) is 10.8. The van der Waals surface area contributed by atoms with Crippen molar-refractivity contribution in [2.24, 2.45) is 0 Å². The van der Waals surface area contributed by atoms with Gasteiger partial charge in [0.25, 0.3) is 18.1 Å². The molecule has 8 heteroatoms. The summed E-state index contributed by atoms with van der Waals surface area (Å²) in [4.78, 5) is 24.3. The lowest BCUT2D eigenvalue weighted by Gasteiger charge is -2.14. The van der Waals surface area contributed by atoms with Crippen molar-refractivity contribution in [3.63, 3.8) is 0 Å². The Morgan fingerprint density at radius 1 is 0.840 bits per heavy atom. The molecule has 25 heavy (non-hydrogen) atoms. The quantitative estimate of drug-likeness (QED) is 0.612. The number of anilines is 1. The largest absolute Gasteiger partial charge is 0.388 e. The maximum atomic E-state index is 12.6. The van der Waals surface area contributed by atoms with Crippen molar-refractivity contribution in [3.05, 3.63) is 60.7 Å². The first-order valence-electron chi connectivity index (χ1n) is 7.01. The van der Waals surface area contributed by atoms with Crippen LogP contribution < -0.4 is 9.64 Å². The molecular weight excluding hydrogens is 344 g/mol. The number of benzene rings is 2. The number of carbonyl (C=O) groups is 2. The number of nitriles is 1. The van der Waals surface area contributed by atoms with Crippen LogP contribution in [-0.4, -0.2) is 20.2 Å². The van der Waals surface area contributed by atoms with Crippen molar-refractivity contribution >= 4 is 27.3 Å². The van der Waals surface area contributed by atoms with Crippen molar-refractivity contribution in [2.75, 3.05) is 4.90 Å². The molecule has 0 saturated heterocycles. The summed E-state index contributed by atoms with van der Waals surface area (Å²) in [6.45, 7) is 0. The SMILES string of the molecule is N#COc1ccc(S(=O)(=O)c2ccc(N3C(=O)C=CC3=O)cc2)cc1. The van der Waals surface area contributed by atoms with Gasteiger partial charge in [-0.3, -0.25) is 9.59 Å². The predicted molar refractivity (Wildman–Crippen MR) is 86.2 cm³/mol. The van der Waals surface area contributed by atoms with E-state index in [2.05, 4.69) is 4.74 Å². The van der Waals surface area contributed by atoms with Crippen LogP contribution in [0.1, 0.15) is 0 Å². The van der Waals surface area contributed by atoms with E-state index in [-0.39, 0.29) is 21.2 Å². The highest BCUT2D eigenvalue weighted by atomic mass is 32.2. The minimum atomic E-state index is -3.78. The smallest absolute Gasteiger partial charge is 0.292 e. The normalized spacial score (nSPS) is 13.8. The van der Waals surface area contributed by atoms with Gasteiger partial charge in [0.2, 0.25) is 9.84 Å². The third-order valence-electron chi connectivity index (χ3n) is 3.51. The van der Waals surface area contributed by atoms with Crippen LogP contribution in [0.5, 0.6) is 5.75 Å². The second-order valence-corrected chi connectivity index (χ2v) is 6.96. The van der Waals surface area contributed by atoms with Gasteiger partial charge in [-0.1, -0.05) is 0 Å². The zero-order valence-corrected chi connectivity index (χ0v) is 13.4. The molecule has 0 fully saturated rings. The minimum Gasteiger partial charge on any atom is -0.388 e. The number of hydrogen-bond donors (Lipinski definition) is 0. The van der Waals surface area contributed by atoms with Crippen LogP contribution in [0.25, 0.3) is 0 Å². The van der Waals surface area contributed by atoms with Crippen LogP contribution in [0.4, 0.5) is 5.69 Å². The van der Waals surface area contributed by atoms with Gasteiger partial charge in [-0.25, -0.2) is 13.3 Å². The molecule has 0 unspecified atom stereocenters. The predicted octanol–water partition coefficient (Wildman–Crippen LogP) is 1.81. The second-order valence-electron chi connectivity index (χ2n) is 5.01. The zero-order chi connectivity index (χ0) is 18.0. The third-order valence-corrected chi connectivity index (χ3v) is 5.30. The van der Waals surface area contributed by atoms with Gasteiger partial charge in [-0.05, 0) is 48.5 Å². The first-order chi connectivity index (χ1) is 11.9. The number of sulfone groups is 1. The number of ether oxygens (including phenoxy) is 1. The molecule has 0 radical (unpaired) electrons. The van der Waals surface area contributed by atoms with Crippen LogP contribution in [0.15, 0.2) is 70.5 Å². The Balaban J connectivity index is 1.89. The Morgan fingerprint density at radius 2 is 1.32 bits per heavy atom. The van der Waals surface area contributed by atoms with Crippen LogP contribution in [-0.2, 0) is 19.4 Å². The molecule has 0 spiro atoms. The highest BCUT2D eigenvalue weighted by Gasteiger charge is 2.26. The van der Waals surface area contributed by atoms with E-state index in [0.29, 0.717) is 0 Å². The van der Waals surface area contributed by atoms with Crippen LogP contribution in [0, 0.1) is 11.5 Å². The molecule has 2 amide bonds. The minimum absolute atomic E-state index is 0.0113. The average molecular weight is 354 g/mol. The fraction of sp³-hybridized carbons (Fsp3) is 0. The number of carbonyl (C=O) groups excluding carboxylic acids is 2. The molecule has 0 aromatic heterocycles. The van der Waals surface area contributed by atoms with Gasteiger partial charge in [0.1, 0.15) is 5.75 Å². The lowest BCUT2D eigenvalue weighted by molar-refractivity contribution is -0.119. The third kappa shape index (κ3) is 3.00. The molecule has 1 aliphatic heterocycles. The monoisotopic (exact) mass is 354 g/mol. The Bertz CT molecular complexity index is 998. The first kappa shape index (κ1) is 16.4. The Hall–Kier alpha value is -3.44. The molecule has 0 saturated carbocycles. The van der Waals surface area contributed by atoms with E-state index in [1.807, 2.05) is 0 Å². The summed E-state index contributed by atoms with van der Waals surface area (Å²) >= 11 is 0. The molecule has 0 aliphatic carbocycles. The summed E-state index contributed by atoms with van der Waals surface area (Å²) in [5.74, 6) is -0.724. The molecule has 2 aromatic rings. The lowest BCUT2D eigenvalue weighted by atomic mass is 10.3. The molecule has 1 aliphatic rings. The molecule has 124 valence electrons. The first-order valence-corrected chi connectivity index (χ1v) is 8.49. The van der Waals surface area contributed by atoms with Gasteiger partial charge < -0.3 is 4.74 Å². The van der Waals surface area contributed by atoms with E-state index >= 15 is 0 Å². The highest BCUT2D eigenvalue weighted by molar-refractivity contribution is 7.91. The van der Waals surface area contributed by atoms with Crippen molar-refractivity contribution in [3.8, 4) is 12.0 Å². The number of amides is 2. The highest BCUT2D eigenvalue weighted by Crippen LogP contribution is 2.26. The Labute approximate surface area is 143 Å². The molecule has 1 heterocycles. The topological polar surface area (TPSA) is 105 Å². The summed E-state index contributed by atoms with van der Waals surface area (Å²) in [5, 5.41) is 8.43. The number of imide groups is 1. The molecule has 0 N–H and O–H groups in total. The second kappa shape index (κ2) is 6.22. The molecule has 2 aromatic carbocycles. The van der Waals surface area contributed by atoms with E-state index < -0.39 is 21.7 Å². The fourth-order valence-electron chi connectivity index (χ4n) is 2.30. The van der Waals surface area contributed by atoms with Gasteiger partial charge in [0.15, 0.2) is 0 Å². The number of nitrogens with zero attached hydrogens (tertiary/aromatic N) is 2. The van der Waals surface area contributed by atoms with Gasteiger partial charge >= 0.3 is 0 Å². The van der Waals surface area contributed by atoms with E-state index in [9.17, 15) is 18.0 Å².